The molecule has 0 saturated carbocycles. The maximum Gasteiger partial charge on any atom is 0.228 e. The van der Waals surface area contributed by atoms with Gasteiger partial charge in [-0.3, -0.25) is 9.59 Å². The summed E-state index contributed by atoms with van der Waals surface area (Å²) >= 11 is 0. The van der Waals surface area contributed by atoms with Crippen LogP contribution in [0, 0.1) is 0 Å². The Morgan fingerprint density at radius 3 is 1.68 bits per heavy atom. The summed E-state index contributed by atoms with van der Waals surface area (Å²) in [5, 5.41) is 8.72. The maximum atomic E-state index is 12.5. The first-order chi connectivity index (χ1) is 11.6. The predicted molar refractivity (Wildman–Crippen MR) is 99.6 cm³/mol. The summed E-state index contributed by atoms with van der Waals surface area (Å²) in [7, 11) is 2.76. The number of hydrogen-bond acceptors (Lipinski definition) is 5. The van der Waals surface area contributed by atoms with Crippen LogP contribution in [0.1, 0.15) is 64.7 Å². The molecular formula is C19H31ClO5. The highest BCUT2D eigenvalue weighted by atomic mass is 35.5. The number of methoxy groups -OCH3 is 2. The third-order valence-corrected chi connectivity index (χ3v) is 4.43. The van der Waals surface area contributed by atoms with Crippen molar-refractivity contribution >= 4 is 24.0 Å². The molecule has 1 aliphatic rings. The number of halogens is 1. The molecule has 6 heteroatoms. The van der Waals surface area contributed by atoms with Gasteiger partial charge < -0.3 is 14.6 Å². The molecule has 0 atom stereocenters. The van der Waals surface area contributed by atoms with E-state index in [4.69, 9.17) is 14.6 Å². The lowest BCUT2D eigenvalue weighted by Gasteiger charge is -2.20. The summed E-state index contributed by atoms with van der Waals surface area (Å²) < 4.78 is 10.1. The highest BCUT2D eigenvalue weighted by Gasteiger charge is 2.34. The number of rotatable bonds is 12. The van der Waals surface area contributed by atoms with Crippen LogP contribution >= 0.6 is 12.4 Å². The fraction of sp³-hybridized carbons (Fsp3) is 0.684. The topological polar surface area (TPSA) is 72.8 Å². The Morgan fingerprint density at radius 2 is 1.20 bits per heavy atom. The molecule has 0 aromatic carbocycles. The minimum atomic E-state index is -0.257. The van der Waals surface area contributed by atoms with Gasteiger partial charge >= 0.3 is 0 Å². The van der Waals surface area contributed by atoms with Gasteiger partial charge in [0, 0.05) is 17.8 Å². The van der Waals surface area contributed by atoms with E-state index < -0.39 is 0 Å². The third-order valence-electron chi connectivity index (χ3n) is 4.43. The molecule has 144 valence electrons. The van der Waals surface area contributed by atoms with E-state index in [1.165, 1.54) is 33.5 Å². The number of unbranched alkanes of at least 4 members (excludes halogenated alkanes) is 7. The zero-order chi connectivity index (χ0) is 17.9. The molecule has 0 amide bonds. The number of ketones is 2. The zero-order valence-electron chi connectivity index (χ0n) is 15.6. The Morgan fingerprint density at radius 1 is 0.760 bits per heavy atom. The highest BCUT2D eigenvalue weighted by molar-refractivity contribution is 6.23. The normalized spacial score (nSPS) is 14.7. The van der Waals surface area contributed by atoms with Gasteiger partial charge in [0.15, 0.2) is 0 Å². The largest absolute Gasteiger partial charge is 0.489 e. The molecule has 1 rings (SSSR count). The number of Topliss-reactive ketones (excluding diaryl/α,β-unsaturated/α-hetero) is 2. The van der Waals surface area contributed by atoms with E-state index in [2.05, 4.69) is 0 Å². The van der Waals surface area contributed by atoms with Crippen LogP contribution in [0.5, 0.6) is 0 Å². The van der Waals surface area contributed by atoms with Crippen molar-refractivity contribution in [2.45, 2.75) is 64.7 Å². The average molecular weight is 375 g/mol. The number of hydrogen-bond donors (Lipinski definition) is 1. The Hall–Kier alpha value is -1.33. The molecule has 0 aromatic rings. The third kappa shape index (κ3) is 6.83. The second-order valence-corrected chi connectivity index (χ2v) is 6.13. The highest BCUT2D eigenvalue weighted by Crippen LogP contribution is 2.28. The Bertz CT molecular complexity index is 508. The van der Waals surface area contributed by atoms with Crippen LogP contribution in [-0.2, 0) is 19.1 Å². The van der Waals surface area contributed by atoms with Crippen molar-refractivity contribution in [3.05, 3.63) is 22.7 Å². The number of ether oxygens (including phenoxy) is 2. The Labute approximate surface area is 156 Å². The quantitative estimate of drug-likeness (QED) is 0.414. The van der Waals surface area contributed by atoms with Crippen LogP contribution in [-0.4, -0.2) is 37.5 Å². The van der Waals surface area contributed by atoms with Gasteiger partial charge in [0.05, 0.1) is 14.2 Å². The van der Waals surface area contributed by atoms with Gasteiger partial charge in [-0.05, 0) is 26.2 Å². The second-order valence-electron chi connectivity index (χ2n) is 6.13. The molecule has 0 fully saturated rings. The molecule has 1 aliphatic carbocycles. The second kappa shape index (κ2) is 13.0. The summed E-state index contributed by atoms with van der Waals surface area (Å²) in [6.07, 6.45) is 9.17. The lowest BCUT2D eigenvalue weighted by molar-refractivity contribution is -0.121. The molecule has 1 N–H and O–H groups in total. The van der Waals surface area contributed by atoms with Crippen molar-refractivity contribution in [3.8, 4) is 0 Å². The van der Waals surface area contributed by atoms with Crippen LogP contribution in [0.3, 0.4) is 0 Å². The average Bonchev–Trinajstić information content (AvgIpc) is 2.58. The van der Waals surface area contributed by atoms with Gasteiger partial charge in [0.2, 0.25) is 23.1 Å². The van der Waals surface area contributed by atoms with Gasteiger partial charge in [-0.2, -0.15) is 0 Å². The fourth-order valence-electron chi connectivity index (χ4n) is 2.97. The van der Waals surface area contributed by atoms with Crippen LogP contribution in [0.4, 0.5) is 0 Å². The summed E-state index contributed by atoms with van der Waals surface area (Å²) in [5.74, 6) is -0.457. The maximum absolute atomic E-state index is 12.5. The molecule has 5 nitrogen and oxygen atoms in total. The minimum Gasteiger partial charge on any atom is -0.489 e. The summed E-state index contributed by atoms with van der Waals surface area (Å²) in [5.41, 5.74) is 1.03. The van der Waals surface area contributed by atoms with E-state index in [1.54, 1.807) is 6.92 Å². The number of aliphatic hydroxyl groups is 1. The monoisotopic (exact) mass is 374 g/mol. The van der Waals surface area contributed by atoms with Crippen molar-refractivity contribution in [1.82, 2.24) is 0 Å². The molecule has 0 unspecified atom stereocenters. The summed E-state index contributed by atoms with van der Waals surface area (Å²) in [4.78, 5) is 24.7. The molecule has 0 heterocycles. The molecular weight excluding hydrogens is 344 g/mol. The van der Waals surface area contributed by atoms with Crippen LogP contribution in [0.25, 0.3) is 0 Å². The van der Waals surface area contributed by atoms with Gasteiger partial charge in [-0.15, -0.1) is 12.4 Å². The van der Waals surface area contributed by atoms with Gasteiger partial charge in [-0.1, -0.05) is 38.5 Å². The van der Waals surface area contributed by atoms with Crippen molar-refractivity contribution in [3.63, 3.8) is 0 Å². The van der Waals surface area contributed by atoms with Gasteiger partial charge in [-0.25, -0.2) is 0 Å². The van der Waals surface area contributed by atoms with Gasteiger partial charge in [0.25, 0.3) is 0 Å². The van der Waals surface area contributed by atoms with Crippen molar-refractivity contribution < 1.29 is 24.2 Å². The smallest absolute Gasteiger partial charge is 0.228 e. The molecule has 0 bridgehead atoms. The predicted octanol–water partition coefficient (Wildman–Crippen LogP) is 3.88. The minimum absolute atomic E-state index is 0. The van der Waals surface area contributed by atoms with Crippen LogP contribution in [0.2, 0.25) is 0 Å². The lowest BCUT2D eigenvalue weighted by Crippen LogP contribution is -2.25. The van der Waals surface area contributed by atoms with Crippen molar-refractivity contribution in [2.75, 3.05) is 20.8 Å². The first-order valence-electron chi connectivity index (χ1n) is 8.80. The first-order valence-corrected chi connectivity index (χ1v) is 8.80. The van der Waals surface area contributed by atoms with Crippen LogP contribution in [0.15, 0.2) is 22.7 Å². The van der Waals surface area contributed by atoms with E-state index in [9.17, 15) is 9.59 Å². The molecule has 0 radical (unpaired) electrons. The summed E-state index contributed by atoms with van der Waals surface area (Å²) in [6.45, 7) is 1.96. The van der Waals surface area contributed by atoms with E-state index in [1.807, 2.05) is 0 Å². The fourth-order valence-corrected chi connectivity index (χ4v) is 2.97. The Balaban J connectivity index is 0.00000576. The molecule has 0 saturated heterocycles. The van der Waals surface area contributed by atoms with E-state index in [-0.39, 0.29) is 42.1 Å². The number of allylic oxidation sites excluding steroid dienone is 2. The van der Waals surface area contributed by atoms with Crippen molar-refractivity contribution in [2.24, 2.45) is 0 Å². The summed E-state index contributed by atoms with van der Waals surface area (Å²) in [6, 6.07) is 0. The number of aliphatic hydroxyl groups excluding tert-OH is 1. The molecule has 0 spiro atoms. The SMILES string of the molecule is COC1=C(OC)C(=O)C(CCCCCCCCCCO)=C(C)C1=O.Cl. The Kier molecular flexibility index (Phi) is 12.3. The molecule has 0 aromatic heterocycles. The standard InChI is InChI=1S/C19H30O5.ClH/c1-14-15(12-10-8-6-4-5-7-9-11-13-20)17(22)19(24-3)18(23-2)16(14)21;/h20H,4-13H2,1-3H3;1H. The van der Waals surface area contributed by atoms with E-state index in [0.717, 1.165) is 32.1 Å². The van der Waals surface area contributed by atoms with Gasteiger partial charge in [0.1, 0.15) is 0 Å². The number of carbonyl (C=O) groups excluding carboxylic acids is 2. The first kappa shape index (κ1) is 23.7. The zero-order valence-corrected chi connectivity index (χ0v) is 16.4. The van der Waals surface area contributed by atoms with Crippen molar-refractivity contribution in [1.29, 1.82) is 0 Å². The van der Waals surface area contributed by atoms with E-state index >= 15 is 0 Å². The van der Waals surface area contributed by atoms with Crippen LogP contribution < -0.4 is 0 Å². The van der Waals surface area contributed by atoms with E-state index in [0.29, 0.717) is 17.6 Å². The lowest BCUT2D eigenvalue weighted by atomic mass is 9.89. The number of carbonyl (C=O) groups is 2. The molecule has 25 heavy (non-hydrogen) atoms. The molecule has 0 aliphatic heterocycles.